The van der Waals surface area contributed by atoms with E-state index in [1.807, 2.05) is 12.1 Å². The lowest BCUT2D eigenvalue weighted by atomic mass is 9.85. The summed E-state index contributed by atoms with van der Waals surface area (Å²) in [6, 6.07) is 5.50. The maximum absolute atomic E-state index is 11.8. The van der Waals surface area contributed by atoms with E-state index in [0.29, 0.717) is 11.3 Å². The number of ether oxygens (including phenoxy) is 1. The number of carbonyl (C=O) groups is 2. The predicted molar refractivity (Wildman–Crippen MR) is 85.0 cm³/mol. The summed E-state index contributed by atoms with van der Waals surface area (Å²) in [4.78, 5) is 23.7. The Hall–Kier alpha value is -1.84. The lowest BCUT2D eigenvalue weighted by Gasteiger charge is -2.22. The summed E-state index contributed by atoms with van der Waals surface area (Å²) < 4.78 is 5.21. The smallest absolute Gasteiger partial charge is 0.412 e. The van der Waals surface area contributed by atoms with E-state index >= 15 is 0 Å². The number of hydrogen-bond donors (Lipinski definition) is 1. The summed E-state index contributed by atoms with van der Waals surface area (Å²) in [5, 5.41) is 2.65. The zero-order valence-corrected chi connectivity index (χ0v) is 14.0. The lowest BCUT2D eigenvalue weighted by molar-refractivity contribution is 0.0636. The van der Waals surface area contributed by atoms with Crippen LogP contribution in [-0.4, -0.2) is 17.5 Å². The number of rotatable bonds is 2. The fraction of sp³-hybridized carbons (Fsp3) is 0.529. The average Bonchev–Trinajstić information content (AvgIpc) is 2.24. The molecule has 0 heterocycles. The molecular weight excluding hydrogens is 266 g/mol. The first-order valence-electron chi connectivity index (χ1n) is 7.05. The minimum absolute atomic E-state index is 0.0609. The van der Waals surface area contributed by atoms with E-state index < -0.39 is 11.7 Å². The molecule has 0 saturated heterocycles. The Morgan fingerprint density at radius 3 is 2.05 bits per heavy atom. The van der Waals surface area contributed by atoms with Crippen LogP contribution < -0.4 is 5.32 Å². The van der Waals surface area contributed by atoms with Gasteiger partial charge < -0.3 is 4.74 Å². The van der Waals surface area contributed by atoms with Gasteiger partial charge >= 0.3 is 6.09 Å². The van der Waals surface area contributed by atoms with Gasteiger partial charge in [-0.25, -0.2) is 4.79 Å². The fourth-order valence-corrected chi connectivity index (χ4v) is 1.82. The van der Waals surface area contributed by atoms with Gasteiger partial charge in [-0.1, -0.05) is 26.8 Å². The van der Waals surface area contributed by atoms with Gasteiger partial charge in [-0.3, -0.25) is 10.1 Å². The van der Waals surface area contributed by atoms with Gasteiger partial charge in [0, 0.05) is 5.56 Å². The van der Waals surface area contributed by atoms with Crippen LogP contribution in [0.2, 0.25) is 0 Å². The highest BCUT2D eigenvalue weighted by atomic mass is 16.6. The van der Waals surface area contributed by atoms with Crippen molar-refractivity contribution >= 4 is 17.6 Å². The Bertz CT molecular complexity index is 548. The molecule has 0 radical (unpaired) electrons. The number of benzene rings is 1. The van der Waals surface area contributed by atoms with E-state index in [9.17, 15) is 9.59 Å². The summed E-state index contributed by atoms with van der Waals surface area (Å²) in [5.41, 5.74) is 1.38. The highest BCUT2D eigenvalue weighted by Gasteiger charge is 2.20. The van der Waals surface area contributed by atoms with Crippen molar-refractivity contribution in [3.8, 4) is 0 Å². The Morgan fingerprint density at radius 2 is 1.62 bits per heavy atom. The molecule has 0 aromatic heterocycles. The third-order valence-electron chi connectivity index (χ3n) is 2.90. The zero-order chi connectivity index (χ0) is 16.4. The second-order valence-corrected chi connectivity index (χ2v) is 7.19. The summed E-state index contributed by atoms with van der Waals surface area (Å²) in [6.07, 6.45) is -0.562. The van der Waals surface area contributed by atoms with Crippen molar-refractivity contribution in [2.75, 3.05) is 5.32 Å². The first-order valence-corrected chi connectivity index (χ1v) is 7.05. The molecule has 1 rings (SSSR count). The molecule has 1 amide bonds. The molecule has 0 atom stereocenters. The van der Waals surface area contributed by atoms with Crippen molar-refractivity contribution in [1.29, 1.82) is 0 Å². The van der Waals surface area contributed by atoms with Crippen LogP contribution >= 0.6 is 0 Å². The molecule has 1 N–H and O–H groups in total. The van der Waals surface area contributed by atoms with Gasteiger partial charge in [0.2, 0.25) is 0 Å². The van der Waals surface area contributed by atoms with Crippen molar-refractivity contribution in [3.05, 3.63) is 29.3 Å². The predicted octanol–water partition coefficient (Wildman–Crippen LogP) is 4.53. The zero-order valence-electron chi connectivity index (χ0n) is 14.0. The van der Waals surface area contributed by atoms with Crippen LogP contribution in [0.4, 0.5) is 10.5 Å². The van der Waals surface area contributed by atoms with E-state index in [1.165, 1.54) is 6.92 Å². The SMILES string of the molecule is CC(=O)c1cc(C(C)(C)C)ccc1NC(=O)OC(C)(C)C. The Kier molecular flexibility index (Phi) is 4.82. The van der Waals surface area contributed by atoms with Crippen LogP contribution in [-0.2, 0) is 10.2 Å². The van der Waals surface area contributed by atoms with Crippen LogP contribution in [0, 0.1) is 0 Å². The summed E-state index contributed by atoms with van der Waals surface area (Å²) in [5.74, 6) is -0.0906. The van der Waals surface area contributed by atoms with Gasteiger partial charge in [0.05, 0.1) is 5.69 Å². The number of ketones is 1. The molecule has 0 fully saturated rings. The Labute approximate surface area is 126 Å². The molecular formula is C17H25NO3. The summed E-state index contributed by atoms with van der Waals surface area (Å²) in [7, 11) is 0. The largest absolute Gasteiger partial charge is 0.444 e. The second kappa shape index (κ2) is 5.88. The van der Waals surface area contributed by atoms with E-state index in [4.69, 9.17) is 4.74 Å². The standard InChI is InChI=1S/C17H25NO3/c1-11(19)13-10-12(16(2,3)4)8-9-14(13)18-15(20)21-17(5,6)7/h8-10H,1-7H3,(H,18,20). The van der Waals surface area contributed by atoms with Crippen molar-refractivity contribution < 1.29 is 14.3 Å². The first-order chi connectivity index (χ1) is 9.40. The van der Waals surface area contributed by atoms with Gasteiger partial charge in [0.15, 0.2) is 5.78 Å². The van der Waals surface area contributed by atoms with Gasteiger partial charge in [-0.2, -0.15) is 0 Å². The van der Waals surface area contributed by atoms with Crippen molar-refractivity contribution in [1.82, 2.24) is 0 Å². The highest BCUT2D eigenvalue weighted by Crippen LogP contribution is 2.27. The number of amides is 1. The minimum atomic E-state index is -0.578. The van der Waals surface area contributed by atoms with E-state index in [2.05, 4.69) is 26.1 Å². The molecule has 4 nitrogen and oxygen atoms in total. The molecule has 4 heteroatoms. The Morgan fingerprint density at radius 1 is 1.05 bits per heavy atom. The van der Waals surface area contributed by atoms with E-state index in [0.717, 1.165) is 5.56 Å². The van der Waals surface area contributed by atoms with Crippen LogP contribution in [0.5, 0.6) is 0 Å². The number of carbonyl (C=O) groups excluding carboxylic acids is 2. The molecule has 1 aromatic carbocycles. The van der Waals surface area contributed by atoms with Gasteiger partial charge in [-0.15, -0.1) is 0 Å². The molecule has 0 saturated carbocycles. The molecule has 0 aliphatic carbocycles. The second-order valence-electron chi connectivity index (χ2n) is 7.19. The molecule has 116 valence electrons. The van der Waals surface area contributed by atoms with Gasteiger partial charge in [0.25, 0.3) is 0 Å². The lowest BCUT2D eigenvalue weighted by Crippen LogP contribution is -2.27. The highest BCUT2D eigenvalue weighted by molar-refractivity contribution is 6.02. The number of hydrogen-bond acceptors (Lipinski definition) is 3. The number of Topliss-reactive ketones (excluding diaryl/α,β-unsaturated/α-hetero) is 1. The van der Waals surface area contributed by atoms with Crippen molar-refractivity contribution in [2.24, 2.45) is 0 Å². The minimum Gasteiger partial charge on any atom is -0.444 e. The number of nitrogens with one attached hydrogen (secondary N) is 1. The van der Waals surface area contributed by atoms with Crippen LogP contribution in [0.25, 0.3) is 0 Å². The average molecular weight is 291 g/mol. The fourth-order valence-electron chi connectivity index (χ4n) is 1.82. The third kappa shape index (κ3) is 5.21. The molecule has 0 aliphatic heterocycles. The maximum atomic E-state index is 11.8. The third-order valence-corrected chi connectivity index (χ3v) is 2.90. The van der Waals surface area contributed by atoms with Crippen molar-refractivity contribution in [2.45, 2.75) is 59.5 Å². The molecule has 0 bridgehead atoms. The summed E-state index contributed by atoms with van der Waals surface area (Å²) >= 11 is 0. The topological polar surface area (TPSA) is 55.4 Å². The molecule has 0 spiro atoms. The maximum Gasteiger partial charge on any atom is 0.412 e. The molecule has 1 aromatic rings. The molecule has 0 aliphatic rings. The molecule has 21 heavy (non-hydrogen) atoms. The van der Waals surface area contributed by atoms with Gasteiger partial charge in [0.1, 0.15) is 5.60 Å². The Balaban J connectivity index is 3.08. The van der Waals surface area contributed by atoms with Crippen LogP contribution in [0.1, 0.15) is 64.4 Å². The number of anilines is 1. The normalized spacial score (nSPS) is 12.0. The first kappa shape index (κ1) is 17.2. The monoisotopic (exact) mass is 291 g/mol. The van der Waals surface area contributed by atoms with Gasteiger partial charge in [-0.05, 0) is 50.8 Å². The van der Waals surface area contributed by atoms with Crippen molar-refractivity contribution in [3.63, 3.8) is 0 Å². The van der Waals surface area contributed by atoms with E-state index in [-0.39, 0.29) is 11.2 Å². The van der Waals surface area contributed by atoms with Crippen LogP contribution in [0.3, 0.4) is 0 Å². The summed E-state index contributed by atoms with van der Waals surface area (Å²) in [6.45, 7) is 13.1. The van der Waals surface area contributed by atoms with E-state index in [1.54, 1.807) is 26.8 Å². The quantitative estimate of drug-likeness (QED) is 0.814. The van der Waals surface area contributed by atoms with Crippen LogP contribution in [0.15, 0.2) is 18.2 Å². The molecule has 0 unspecified atom stereocenters.